The molecule has 4 heterocycles. The molecule has 4 aliphatic rings. The number of carbonyl (C=O) groups excluding carboxylic acids is 4. The Bertz CT molecular complexity index is 3270. The molecule has 7 aromatic carbocycles. The van der Waals surface area contributed by atoms with Gasteiger partial charge in [0.15, 0.2) is 0 Å². The van der Waals surface area contributed by atoms with Gasteiger partial charge in [-0.2, -0.15) is 0 Å². The summed E-state index contributed by atoms with van der Waals surface area (Å²) in [5, 5.41) is 17.1. The maximum absolute atomic E-state index is 16.8. The molecule has 3 N–H and O–H groups in total. The second-order valence-electron chi connectivity index (χ2n) is 18.9. The average molecular weight is 984 g/mol. The lowest BCUT2D eigenvalue weighted by molar-refractivity contribution is -0.177. The van der Waals surface area contributed by atoms with Crippen molar-refractivity contribution in [3.8, 4) is 23.3 Å². The molecule has 74 heavy (non-hydrogen) atoms. The monoisotopic (exact) mass is 983 g/mol. The summed E-state index contributed by atoms with van der Waals surface area (Å²) in [7, 11) is 1.59. The average Bonchev–Trinajstić information content (AvgIpc) is 3.97. The van der Waals surface area contributed by atoms with E-state index >= 15 is 19.2 Å². The van der Waals surface area contributed by atoms with Crippen molar-refractivity contribution in [2.75, 3.05) is 48.5 Å². The maximum atomic E-state index is 16.8. The molecule has 3 saturated heterocycles. The van der Waals surface area contributed by atoms with E-state index in [1.54, 1.807) is 49.6 Å². The zero-order valence-electron chi connectivity index (χ0n) is 40.8. The molecule has 0 radical (unpaired) electrons. The van der Waals surface area contributed by atoms with Crippen molar-refractivity contribution in [2.45, 2.75) is 42.6 Å². The van der Waals surface area contributed by atoms with E-state index in [0.717, 1.165) is 21.7 Å². The van der Waals surface area contributed by atoms with Crippen molar-refractivity contribution >= 4 is 40.9 Å². The molecule has 3 fully saturated rings. The molecular formula is C61H53N5O8. The summed E-state index contributed by atoms with van der Waals surface area (Å²) in [6.45, 7) is 4.45. The molecule has 4 aliphatic heterocycles. The molecule has 1 spiro atoms. The number of urea groups is 1. The largest absolute Gasteiger partial charge is 0.508 e. The lowest BCUT2D eigenvalue weighted by Crippen LogP contribution is -2.55. The minimum atomic E-state index is -2.04. The lowest BCUT2D eigenvalue weighted by Gasteiger charge is -2.46. The van der Waals surface area contributed by atoms with Crippen LogP contribution in [0.25, 0.3) is 0 Å². The van der Waals surface area contributed by atoms with Gasteiger partial charge in [0.25, 0.3) is 0 Å². The van der Waals surface area contributed by atoms with Crippen molar-refractivity contribution in [2.24, 2.45) is 5.92 Å². The van der Waals surface area contributed by atoms with E-state index in [4.69, 9.17) is 14.2 Å². The normalized spacial score (nSPS) is 22.4. The van der Waals surface area contributed by atoms with Crippen molar-refractivity contribution in [3.05, 3.63) is 221 Å². The number of imide groups is 1. The van der Waals surface area contributed by atoms with Gasteiger partial charge in [-0.1, -0.05) is 115 Å². The molecule has 370 valence electrons. The van der Waals surface area contributed by atoms with Crippen molar-refractivity contribution in [1.29, 1.82) is 0 Å². The van der Waals surface area contributed by atoms with Gasteiger partial charge < -0.3 is 34.9 Å². The van der Waals surface area contributed by atoms with Crippen LogP contribution in [0.15, 0.2) is 182 Å². The quantitative estimate of drug-likeness (QED) is 0.0944. The van der Waals surface area contributed by atoms with E-state index in [2.05, 4.69) is 27.4 Å². The highest BCUT2D eigenvalue weighted by Gasteiger charge is 2.75. The Morgan fingerprint density at radius 3 is 2.00 bits per heavy atom. The molecule has 0 saturated carbocycles. The van der Waals surface area contributed by atoms with E-state index in [1.807, 2.05) is 139 Å². The van der Waals surface area contributed by atoms with E-state index in [0.29, 0.717) is 65.6 Å². The van der Waals surface area contributed by atoms with Gasteiger partial charge in [-0.3, -0.25) is 19.3 Å². The highest BCUT2D eigenvalue weighted by Crippen LogP contribution is 2.66. The Balaban J connectivity index is 1.15. The van der Waals surface area contributed by atoms with E-state index in [-0.39, 0.29) is 11.4 Å². The van der Waals surface area contributed by atoms with Crippen LogP contribution in [0.3, 0.4) is 0 Å². The topological polar surface area (TPSA) is 150 Å². The molecule has 4 amide bonds. The third-order valence-electron chi connectivity index (χ3n) is 14.7. The Labute approximate surface area is 429 Å². The Morgan fingerprint density at radius 2 is 1.34 bits per heavy atom. The molecule has 13 nitrogen and oxygen atoms in total. The molecule has 7 atom stereocenters. The number of hydrogen-bond donors (Lipinski definition) is 3. The number of carbonyl (C=O) groups is 4. The first-order chi connectivity index (χ1) is 36.1. The number of anilines is 3. The lowest BCUT2D eigenvalue weighted by atomic mass is 9.65. The number of fused-ring (bicyclic) bond motifs is 3. The third-order valence-corrected chi connectivity index (χ3v) is 14.7. The van der Waals surface area contributed by atoms with Gasteiger partial charge in [0.1, 0.15) is 29.1 Å². The number of nitrogens with zero attached hydrogens (tertiary/aromatic N) is 3. The number of nitrogens with one attached hydrogen (secondary N) is 2. The van der Waals surface area contributed by atoms with Gasteiger partial charge in [0.05, 0.1) is 50.1 Å². The number of phenols is 1. The summed E-state index contributed by atoms with van der Waals surface area (Å²) in [6.07, 6.45) is -0.919. The van der Waals surface area contributed by atoms with Gasteiger partial charge in [0.2, 0.25) is 11.8 Å². The number of ether oxygens (including phenoxy) is 3. The SMILES string of the molecule is COc1ccc(C#Cc2ccc3c(c2)[C@]2(C(=O)N3C(=O)N[C@H](C)c3ccccc3)[C@H](C(=O)Nc3ccc(N4CCOCC4)cc3)[C@H]3C(=O)O[C@H](c4ccccc4)[C@H](c4ccccc4)N3[C@@H]2c2ccc(O)cc2)cc1. The number of cyclic esters (lactones) is 1. The molecule has 0 aromatic heterocycles. The minimum absolute atomic E-state index is 0.0304. The standard InChI is InChI=1S/C61H53N5O8/c1-39(42-12-6-3-7-13-42)62-60(71)65-51-33-22-41(19-18-40-20-31-49(72-2)32-21-40)38-50(51)61(59(65)70)52(57(68)63-46-25-27-47(28-26-46)64-34-36-73-37-35-64)54-58(69)74-55(44-16-10-5-11-17-44)53(43-14-8-4-9-15-43)66(54)56(61)45-23-29-48(67)30-24-45/h3-17,20-33,38-39,52-56,67H,34-37H2,1-2H3,(H,62,71)(H,63,68)/t39-,52+,53+,54+,55-,56-,61+/m1/s1. The van der Waals surface area contributed by atoms with Crippen LogP contribution in [0.5, 0.6) is 11.5 Å². The maximum Gasteiger partial charge on any atom is 0.329 e. The summed E-state index contributed by atoms with van der Waals surface area (Å²) in [4.78, 5) is 68.9. The van der Waals surface area contributed by atoms with Crippen LogP contribution in [-0.2, 0) is 29.3 Å². The fraction of sp³-hybridized carbons (Fsp3) is 0.213. The minimum Gasteiger partial charge on any atom is -0.508 e. The van der Waals surface area contributed by atoms with E-state index in [9.17, 15) is 5.11 Å². The predicted octanol–water partition coefficient (Wildman–Crippen LogP) is 9.41. The smallest absolute Gasteiger partial charge is 0.329 e. The zero-order chi connectivity index (χ0) is 50.9. The number of methoxy groups -OCH3 is 1. The Hall–Kier alpha value is -8.70. The first kappa shape index (κ1) is 47.6. The number of amides is 4. The summed E-state index contributed by atoms with van der Waals surface area (Å²) in [5.41, 5.74) is 3.85. The van der Waals surface area contributed by atoms with Crippen LogP contribution in [0.1, 0.15) is 70.1 Å². The highest BCUT2D eigenvalue weighted by atomic mass is 16.6. The summed E-state index contributed by atoms with van der Waals surface area (Å²) >= 11 is 0. The van der Waals surface area contributed by atoms with Gasteiger partial charge in [-0.05, 0) is 114 Å². The second kappa shape index (κ2) is 20.1. The second-order valence-corrected chi connectivity index (χ2v) is 18.9. The molecule has 13 heteroatoms. The van der Waals surface area contributed by atoms with Crippen molar-refractivity contribution in [1.82, 2.24) is 10.2 Å². The predicted molar refractivity (Wildman–Crippen MR) is 280 cm³/mol. The summed E-state index contributed by atoms with van der Waals surface area (Å²) in [6, 6.07) is 50.2. The van der Waals surface area contributed by atoms with Crippen LogP contribution in [0.2, 0.25) is 0 Å². The van der Waals surface area contributed by atoms with Gasteiger partial charge >= 0.3 is 12.0 Å². The fourth-order valence-corrected chi connectivity index (χ4v) is 11.3. The molecule has 11 rings (SSSR count). The first-order valence-corrected chi connectivity index (χ1v) is 24.7. The number of morpholine rings is 2. The van der Waals surface area contributed by atoms with Crippen molar-refractivity contribution < 1.29 is 38.5 Å². The van der Waals surface area contributed by atoms with Crippen LogP contribution in [-0.4, -0.2) is 73.3 Å². The van der Waals surface area contributed by atoms with E-state index < -0.39 is 65.4 Å². The molecule has 0 aliphatic carbocycles. The number of hydrogen-bond acceptors (Lipinski definition) is 10. The Kier molecular flexibility index (Phi) is 12.9. The number of benzene rings is 7. The summed E-state index contributed by atoms with van der Waals surface area (Å²) in [5.74, 6) is 3.53. The molecule has 0 unspecified atom stereocenters. The molecule has 0 bridgehead atoms. The van der Waals surface area contributed by atoms with E-state index in [1.165, 1.54) is 12.1 Å². The van der Waals surface area contributed by atoms with Crippen LogP contribution < -0.4 is 25.2 Å². The highest BCUT2D eigenvalue weighted by molar-refractivity contribution is 6.25. The van der Waals surface area contributed by atoms with Gasteiger partial charge in [-0.15, -0.1) is 0 Å². The molecular weight excluding hydrogens is 931 g/mol. The van der Waals surface area contributed by atoms with Gasteiger partial charge in [0, 0.05) is 35.6 Å². The number of rotatable bonds is 9. The van der Waals surface area contributed by atoms with Crippen LogP contribution in [0.4, 0.5) is 21.9 Å². The van der Waals surface area contributed by atoms with Gasteiger partial charge in [-0.25, -0.2) is 9.69 Å². The molecule has 7 aromatic rings. The number of esters is 1. The summed E-state index contributed by atoms with van der Waals surface area (Å²) < 4.78 is 17.6. The first-order valence-electron chi connectivity index (χ1n) is 24.7. The van der Waals surface area contributed by atoms with Crippen LogP contribution >= 0.6 is 0 Å². The number of phenolic OH excluding ortho intramolecular Hbond substituents is 1. The third kappa shape index (κ3) is 8.57. The van der Waals surface area contributed by atoms with Crippen LogP contribution in [0, 0.1) is 17.8 Å². The Morgan fingerprint density at radius 1 is 0.716 bits per heavy atom. The van der Waals surface area contributed by atoms with Crippen molar-refractivity contribution in [3.63, 3.8) is 0 Å². The number of aromatic hydroxyl groups is 1. The zero-order valence-corrected chi connectivity index (χ0v) is 40.8. The fourth-order valence-electron chi connectivity index (χ4n) is 11.3.